The number of anilines is 1. The Morgan fingerprint density at radius 3 is 2.84 bits per heavy atom. The number of benzene rings is 1. The number of nitrogen functional groups attached to an aromatic ring is 1. The van der Waals surface area contributed by atoms with Crippen molar-refractivity contribution in [1.29, 1.82) is 0 Å². The van der Waals surface area contributed by atoms with E-state index in [4.69, 9.17) is 10.5 Å². The number of nitrogens with zero attached hydrogens (tertiary/aromatic N) is 2. The monoisotopic (exact) mass is 255 g/mol. The summed E-state index contributed by atoms with van der Waals surface area (Å²) in [4.78, 5) is 8.87. The van der Waals surface area contributed by atoms with Gasteiger partial charge in [-0.05, 0) is 23.8 Å². The molecule has 1 aromatic carbocycles. The lowest BCUT2D eigenvalue weighted by molar-refractivity contribution is 0.357. The Hall–Kier alpha value is -2.10. The molecule has 1 aliphatic rings. The molecule has 0 saturated carbocycles. The minimum Gasteiger partial charge on any atom is -0.493 e. The van der Waals surface area contributed by atoms with E-state index >= 15 is 0 Å². The molecule has 0 atom stereocenters. The van der Waals surface area contributed by atoms with Gasteiger partial charge in [-0.3, -0.25) is 0 Å². The van der Waals surface area contributed by atoms with Crippen molar-refractivity contribution in [3.05, 3.63) is 35.7 Å². The van der Waals surface area contributed by atoms with Crippen molar-refractivity contribution in [2.45, 2.75) is 26.2 Å². The van der Waals surface area contributed by atoms with Crippen molar-refractivity contribution in [2.24, 2.45) is 0 Å². The molecule has 4 heteroatoms. The van der Waals surface area contributed by atoms with E-state index in [1.54, 1.807) is 0 Å². The van der Waals surface area contributed by atoms with Crippen LogP contribution < -0.4 is 10.5 Å². The third-order valence-electron chi connectivity index (χ3n) is 3.26. The van der Waals surface area contributed by atoms with E-state index in [0.717, 1.165) is 35.9 Å². The van der Waals surface area contributed by atoms with Gasteiger partial charge in [-0.25, -0.2) is 9.97 Å². The molecule has 0 amide bonds. The highest BCUT2D eigenvalue weighted by Gasteiger charge is 2.14. The summed E-state index contributed by atoms with van der Waals surface area (Å²) in [5.41, 5.74) is 9.06. The van der Waals surface area contributed by atoms with Crippen molar-refractivity contribution in [3.63, 3.8) is 0 Å². The van der Waals surface area contributed by atoms with Crippen LogP contribution in [0.1, 0.15) is 31.2 Å². The van der Waals surface area contributed by atoms with Crippen LogP contribution in [-0.2, 0) is 6.42 Å². The van der Waals surface area contributed by atoms with Gasteiger partial charge in [0.2, 0.25) is 0 Å². The third-order valence-corrected chi connectivity index (χ3v) is 3.26. The zero-order valence-corrected chi connectivity index (χ0v) is 11.2. The molecule has 2 aromatic rings. The molecular formula is C15H17N3O. The maximum atomic E-state index is 5.87. The van der Waals surface area contributed by atoms with Gasteiger partial charge in [0.15, 0.2) is 0 Å². The first kappa shape index (κ1) is 12.0. The van der Waals surface area contributed by atoms with Crippen LogP contribution in [0.25, 0.3) is 11.3 Å². The van der Waals surface area contributed by atoms with Crippen LogP contribution in [0.2, 0.25) is 0 Å². The van der Waals surface area contributed by atoms with Crippen LogP contribution in [0.15, 0.2) is 24.3 Å². The van der Waals surface area contributed by atoms with E-state index in [-0.39, 0.29) is 5.92 Å². The van der Waals surface area contributed by atoms with E-state index in [1.807, 2.05) is 18.2 Å². The van der Waals surface area contributed by atoms with Gasteiger partial charge >= 0.3 is 0 Å². The van der Waals surface area contributed by atoms with Gasteiger partial charge in [-0.2, -0.15) is 0 Å². The second-order valence-corrected chi connectivity index (χ2v) is 5.11. The molecule has 0 aliphatic carbocycles. The van der Waals surface area contributed by atoms with Crippen LogP contribution >= 0.6 is 0 Å². The number of hydrogen-bond donors (Lipinski definition) is 1. The quantitative estimate of drug-likeness (QED) is 0.896. The molecule has 1 aliphatic heterocycles. The van der Waals surface area contributed by atoms with E-state index in [9.17, 15) is 0 Å². The highest BCUT2D eigenvalue weighted by molar-refractivity contribution is 5.64. The molecule has 0 fully saturated rings. The highest BCUT2D eigenvalue weighted by Crippen LogP contribution is 2.30. The van der Waals surface area contributed by atoms with Crippen LogP contribution in [0, 0.1) is 0 Å². The molecule has 0 radical (unpaired) electrons. The van der Waals surface area contributed by atoms with Gasteiger partial charge in [0.25, 0.3) is 0 Å². The van der Waals surface area contributed by atoms with E-state index in [2.05, 4.69) is 29.9 Å². The Labute approximate surface area is 112 Å². The number of ether oxygens (including phenoxy) is 1. The summed E-state index contributed by atoms with van der Waals surface area (Å²) in [5.74, 6) is 2.55. The number of nitrogens with two attached hydrogens (primary N) is 1. The van der Waals surface area contributed by atoms with Crippen molar-refractivity contribution >= 4 is 5.82 Å². The number of rotatable bonds is 2. The Morgan fingerprint density at radius 2 is 2.05 bits per heavy atom. The summed E-state index contributed by atoms with van der Waals surface area (Å²) in [6, 6.07) is 7.98. The summed E-state index contributed by atoms with van der Waals surface area (Å²) in [6.45, 7) is 4.89. The zero-order chi connectivity index (χ0) is 13.4. The minimum atomic E-state index is 0.264. The smallest absolute Gasteiger partial charge is 0.133 e. The molecule has 19 heavy (non-hydrogen) atoms. The molecule has 3 rings (SSSR count). The van der Waals surface area contributed by atoms with Crippen LogP contribution in [0.4, 0.5) is 5.82 Å². The van der Waals surface area contributed by atoms with Crippen LogP contribution in [-0.4, -0.2) is 16.6 Å². The summed E-state index contributed by atoms with van der Waals surface area (Å²) < 4.78 is 5.52. The predicted octanol–water partition coefficient (Wildman–Crippen LogP) is 2.78. The molecule has 98 valence electrons. The Balaban J connectivity index is 2.06. The van der Waals surface area contributed by atoms with Crippen molar-refractivity contribution in [3.8, 4) is 17.0 Å². The zero-order valence-electron chi connectivity index (χ0n) is 11.2. The van der Waals surface area contributed by atoms with E-state index in [0.29, 0.717) is 5.82 Å². The summed E-state index contributed by atoms with van der Waals surface area (Å²) in [7, 11) is 0. The molecular weight excluding hydrogens is 238 g/mol. The molecule has 2 N–H and O–H groups in total. The Kier molecular flexibility index (Phi) is 2.85. The van der Waals surface area contributed by atoms with Gasteiger partial charge < -0.3 is 10.5 Å². The largest absolute Gasteiger partial charge is 0.493 e. The SMILES string of the molecule is CC(C)c1nc(N)cc(-c2ccc3c(c2)CCO3)n1. The average molecular weight is 255 g/mol. The van der Waals surface area contributed by atoms with E-state index < -0.39 is 0 Å². The molecule has 1 aromatic heterocycles. The normalized spacial score (nSPS) is 13.4. The van der Waals surface area contributed by atoms with Crippen LogP contribution in [0.3, 0.4) is 0 Å². The Bertz CT molecular complexity index is 623. The first-order valence-electron chi connectivity index (χ1n) is 6.54. The van der Waals surface area contributed by atoms with Gasteiger partial charge in [-0.1, -0.05) is 13.8 Å². The number of fused-ring (bicyclic) bond motifs is 1. The summed E-state index contributed by atoms with van der Waals surface area (Å²) in [6.07, 6.45) is 0.959. The van der Waals surface area contributed by atoms with Crippen molar-refractivity contribution in [2.75, 3.05) is 12.3 Å². The topological polar surface area (TPSA) is 61.0 Å². The second kappa shape index (κ2) is 4.53. The average Bonchev–Trinajstić information content (AvgIpc) is 2.85. The maximum Gasteiger partial charge on any atom is 0.133 e. The Morgan fingerprint density at radius 1 is 1.21 bits per heavy atom. The summed E-state index contributed by atoms with van der Waals surface area (Å²) >= 11 is 0. The first-order chi connectivity index (χ1) is 9.13. The predicted molar refractivity (Wildman–Crippen MR) is 75.2 cm³/mol. The molecule has 0 unspecified atom stereocenters. The van der Waals surface area contributed by atoms with Crippen molar-refractivity contribution in [1.82, 2.24) is 9.97 Å². The molecule has 0 saturated heterocycles. The van der Waals surface area contributed by atoms with Gasteiger partial charge in [0.1, 0.15) is 17.4 Å². The molecule has 2 heterocycles. The van der Waals surface area contributed by atoms with Gasteiger partial charge in [-0.15, -0.1) is 0 Å². The number of hydrogen-bond acceptors (Lipinski definition) is 4. The molecule has 0 bridgehead atoms. The lowest BCUT2D eigenvalue weighted by atomic mass is 10.1. The van der Waals surface area contributed by atoms with Gasteiger partial charge in [0, 0.05) is 24.0 Å². The fourth-order valence-electron chi connectivity index (χ4n) is 2.24. The standard InChI is InChI=1S/C15H17N3O/c1-9(2)15-17-12(8-14(16)18-15)10-3-4-13-11(7-10)5-6-19-13/h3-4,7-9H,5-6H2,1-2H3,(H2,16,17,18). The van der Waals surface area contributed by atoms with E-state index in [1.165, 1.54) is 5.56 Å². The minimum absolute atomic E-state index is 0.264. The fourth-order valence-corrected chi connectivity index (χ4v) is 2.24. The fraction of sp³-hybridized carbons (Fsp3) is 0.333. The summed E-state index contributed by atoms with van der Waals surface area (Å²) in [5, 5.41) is 0. The number of aromatic nitrogens is 2. The first-order valence-corrected chi connectivity index (χ1v) is 6.54. The second-order valence-electron chi connectivity index (χ2n) is 5.11. The lowest BCUT2D eigenvalue weighted by Gasteiger charge is -2.09. The van der Waals surface area contributed by atoms with Crippen LogP contribution in [0.5, 0.6) is 5.75 Å². The maximum absolute atomic E-state index is 5.87. The van der Waals surface area contributed by atoms with Crippen molar-refractivity contribution < 1.29 is 4.74 Å². The molecule has 4 nitrogen and oxygen atoms in total. The lowest BCUT2D eigenvalue weighted by Crippen LogP contribution is -2.02. The highest BCUT2D eigenvalue weighted by atomic mass is 16.5. The molecule has 0 spiro atoms. The third kappa shape index (κ3) is 2.26. The van der Waals surface area contributed by atoms with Gasteiger partial charge in [0.05, 0.1) is 12.3 Å².